The second-order valence-electron chi connectivity index (χ2n) is 2.83. The number of benzene rings is 1. The van der Waals surface area contributed by atoms with Crippen LogP contribution in [0.3, 0.4) is 0 Å². The van der Waals surface area contributed by atoms with Gasteiger partial charge in [0.25, 0.3) is 0 Å². The molecule has 1 heterocycles. The molecule has 0 saturated carbocycles. The molecule has 1 aromatic carbocycles. The van der Waals surface area contributed by atoms with Gasteiger partial charge >= 0.3 is 0 Å². The smallest absolute Gasteiger partial charge is 0.115 e. The SMILES string of the molecule is Oc1ccc(CC2CO2)cc1. The van der Waals surface area contributed by atoms with E-state index < -0.39 is 0 Å². The zero-order chi connectivity index (χ0) is 7.68. The van der Waals surface area contributed by atoms with Gasteiger partial charge in [0.2, 0.25) is 0 Å². The van der Waals surface area contributed by atoms with Crippen LogP contribution < -0.4 is 0 Å². The third-order valence-electron chi connectivity index (χ3n) is 1.80. The van der Waals surface area contributed by atoms with Crippen LogP contribution in [-0.4, -0.2) is 17.8 Å². The highest BCUT2D eigenvalue weighted by molar-refractivity contribution is 5.26. The van der Waals surface area contributed by atoms with Gasteiger partial charge in [-0.15, -0.1) is 0 Å². The Morgan fingerprint density at radius 2 is 2.00 bits per heavy atom. The lowest BCUT2D eigenvalue weighted by Gasteiger charge is -1.96. The van der Waals surface area contributed by atoms with E-state index in [2.05, 4.69) is 0 Å². The molecule has 2 nitrogen and oxygen atoms in total. The van der Waals surface area contributed by atoms with Crippen molar-refractivity contribution in [1.82, 2.24) is 0 Å². The summed E-state index contributed by atoms with van der Waals surface area (Å²) in [5.74, 6) is 0.325. The summed E-state index contributed by atoms with van der Waals surface area (Å²) < 4.78 is 5.08. The molecule has 0 bridgehead atoms. The van der Waals surface area contributed by atoms with Gasteiger partial charge < -0.3 is 9.84 Å². The highest BCUT2D eigenvalue weighted by atomic mass is 16.6. The summed E-state index contributed by atoms with van der Waals surface area (Å²) >= 11 is 0. The highest BCUT2D eigenvalue weighted by Crippen LogP contribution is 2.17. The third kappa shape index (κ3) is 1.71. The second kappa shape index (κ2) is 2.55. The minimum absolute atomic E-state index is 0.325. The van der Waals surface area contributed by atoms with Crippen molar-refractivity contribution in [3.05, 3.63) is 29.8 Å². The van der Waals surface area contributed by atoms with Gasteiger partial charge in [0.05, 0.1) is 12.7 Å². The Hall–Kier alpha value is -1.02. The minimum atomic E-state index is 0.325. The zero-order valence-corrected chi connectivity index (χ0v) is 6.16. The predicted octanol–water partition coefficient (Wildman–Crippen LogP) is 1.33. The monoisotopic (exact) mass is 150 g/mol. The molecule has 1 aromatic rings. The van der Waals surface area contributed by atoms with Crippen LogP contribution in [0.5, 0.6) is 5.75 Å². The van der Waals surface area contributed by atoms with Crippen molar-refractivity contribution < 1.29 is 9.84 Å². The van der Waals surface area contributed by atoms with Crippen LogP contribution in [0, 0.1) is 0 Å². The van der Waals surface area contributed by atoms with Crippen LogP contribution in [0.1, 0.15) is 5.56 Å². The summed E-state index contributed by atoms with van der Waals surface area (Å²) in [4.78, 5) is 0. The molecule has 1 unspecified atom stereocenters. The van der Waals surface area contributed by atoms with Crippen molar-refractivity contribution in [3.8, 4) is 5.75 Å². The fraction of sp³-hybridized carbons (Fsp3) is 0.333. The Kier molecular flexibility index (Phi) is 1.55. The summed E-state index contributed by atoms with van der Waals surface area (Å²) in [6, 6.07) is 7.27. The molecule has 0 aliphatic carbocycles. The molecule has 1 fully saturated rings. The summed E-state index contributed by atoms with van der Waals surface area (Å²) in [5.41, 5.74) is 1.23. The van der Waals surface area contributed by atoms with E-state index in [4.69, 9.17) is 9.84 Å². The molecule has 1 N–H and O–H groups in total. The largest absolute Gasteiger partial charge is 0.508 e. The summed E-state index contributed by atoms with van der Waals surface area (Å²) in [6.07, 6.45) is 1.40. The number of rotatable bonds is 2. The Morgan fingerprint density at radius 3 is 2.55 bits per heavy atom. The Bertz CT molecular complexity index is 236. The number of epoxide rings is 1. The summed E-state index contributed by atoms with van der Waals surface area (Å²) in [5, 5.41) is 8.98. The first-order valence-corrected chi connectivity index (χ1v) is 3.74. The lowest BCUT2D eigenvalue weighted by molar-refractivity contribution is 0.407. The number of phenols is 1. The molecule has 0 aromatic heterocycles. The number of aromatic hydroxyl groups is 1. The fourth-order valence-corrected chi connectivity index (χ4v) is 1.08. The van der Waals surface area contributed by atoms with Crippen molar-refractivity contribution in [1.29, 1.82) is 0 Å². The first-order chi connectivity index (χ1) is 5.34. The predicted molar refractivity (Wildman–Crippen MR) is 41.6 cm³/mol. The standard InChI is InChI=1S/C9H10O2/c10-8-3-1-7(2-4-8)5-9-6-11-9/h1-4,9-10H,5-6H2. The molecule has 58 valence electrons. The van der Waals surface area contributed by atoms with Crippen LogP contribution in [0.25, 0.3) is 0 Å². The van der Waals surface area contributed by atoms with Crippen LogP contribution >= 0.6 is 0 Å². The first kappa shape index (κ1) is 6.68. The van der Waals surface area contributed by atoms with E-state index >= 15 is 0 Å². The number of hydrogen-bond donors (Lipinski definition) is 1. The maximum atomic E-state index is 8.98. The number of phenolic OH excluding ortho intramolecular Hbond substituents is 1. The van der Waals surface area contributed by atoms with E-state index in [0.717, 1.165) is 13.0 Å². The van der Waals surface area contributed by atoms with Crippen molar-refractivity contribution in [2.75, 3.05) is 6.61 Å². The van der Waals surface area contributed by atoms with E-state index in [1.54, 1.807) is 12.1 Å². The van der Waals surface area contributed by atoms with Gasteiger partial charge in [-0.1, -0.05) is 12.1 Å². The fourth-order valence-electron chi connectivity index (χ4n) is 1.08. The van der Waals surface area contributed by atoms with E-state index in [0.29, 0.717) is 11.9 Å². The molecular formula is C9H10O2. The van der Waals surface area contributed by atoms with Crippen LogP contribution in [0.2, 0.25) is 0 Å². The molecule has 1 aliphatic rings. The lowest BCUT2D eigenvalue weighted by atomic mass is 10.1. The van der Waals surface area contributed by atoms with Gasteiger partial charge in [-0.3, -0.25) is 0 Å². The van der Waals surface area contributed by atoms with E-state index in [9.17, 15) is 0 Å². The molecule has 1 saturated heterocycles. The van der Waals surface area contributed by atoms with E-state index in [1.807, 2.05) is 12.1 Å². The average Bonchev–Trinajstić information content (AvgIpc) is 2.78. The van der Waals surface area contributed by atoms with Crippen molar-refractivity contribution in [3.63, 3.8) is 0 Å². The van der Waals surface area contributed by atoms with Crippen LogP contribution in [-0.2, 0) is 11.2 Å². The average molecular weight is 150 g/mol. The van der Waals surface area contributed by atoms with E-state index in [-0.39, 0.29) is 0 Å². The van der Waals surface area contributed by atoms with Crippen molar-refractivity contribution in [2.24, 2.45) is 0 Å². The summed E-state index contributed by atoms with van der Waals surface area (Å²) in [7, 11) is 0. The van der Waals surface area contributed by atoms with Gasteiger partial charge in [0.15, 0.2) is 0 Å². The molecule has 11 heavy (non-hydrogen) atoms. The molecule has 1 atom stereocenters. The molecule has 1 aliphatic heterocycles. The first-order valence-electron chi connectivity index (χ1n) is 3.74. The number of hydrogen-bond acceptors (Lipinski definition) is 2. The maximum absolute atomic E-state index is 8.98. The molecular weight excluding hydrogens is 140 g/mol. The topological polar surface area (TPSA) is 32.8 Å². The van der Waals surface area contributed by atoms with Gasteiger partial charge in [-0.05, 0) is 17.7 Å². The minimum Gasteiger partial charge on any atom is -0.508 e. The highest BCUT2D eigenvalue weighted by Gasteiger charge is 2.22. The van der Waals surface area contributed by atoms with Crippen LogP contribution in [0.15, 0.2) is 24.3 Å². The van der Waals surface area contributed by atoms with Crippen molar-refractivity contribution >= 4 is 0 Å². The number of ether oxygens (including phenoxy) is 1. The summed E-state index contributed by atoms with van der Waals surface area (Å²) in [6.45, 7) is 0.890. The van der Waals surface area contributed by atoms with Gasteiger partial charge in [-0.2, -0.15) is 0 Å². The molecule has 2 heteroatoms. The lowest BCUT2D eigenvalue weighted by Crippen LogP contribution is -1.91. The normalized spacial score (nSPS) is 21.6. The second-order valence-corrected chi connectivity index (χ2v) is 2.83. The van der Waals surface area contributed by atoms with Crippen LogP contribution in [0.4, 0.5) is 0 Å². The van der Waals surface area contributed by atoms with E-state index in [1.165, 1.54) is 5.56 Å². The quantitative estimate of drug-likeness (QED) is 0.645. The molecule has 0 radical (unpaired) electrons. The maximum Gasteiger partial charge on any atom is 0.115 e. The third-order valence-corrected chi connectivity index (χ3v) is 1.80. The Morgan fingerprint density at radius 1 is 1.36 bits per heavy atom. The Balaban J connectivity index is 2.06. The molecule has 0 amide bonds. The zero-order valence-electron chi connectivity index (χ0n) is 6.16. The molecule has 0 spiro atoms. The van der Waals surface area contributed by atoms with Gasteiger partial charge in [-0.25, -0.2) is 0 Å². The van der Waals surface area contributed by atoms with Crippen molar-refractivity contribution in [2.45, 2.75) is 12.5 Å². The Labute approximate surface area is 65.4 Å². The van der Waals surface area contributed by atoms with Gasteiger partial charge in [0, 0.05) is 6.42 Å². The molecule has 2 rings (SSSR count). The van der Waals surface area contributed by atoms with Gasteiger partial charge in [0.1, 0.15) is 5.75 Å².